The van der Waals surface area contributed by atoms with E-state index in [-0.39, 0.29) is 5.92 Å². The minimum atomic E-state index is 0.287. The van der Waals surface area contributed by atoms with E-state index in [4.69, 9.17) is 4.74 Å². The van der Waals surface area contributed by atoms with E-state index in [1.807, 2.05) is 24.3 Å². The highest BCUT2D eigenvalue weighted by Crippen LogP contribution is 2.31. The number of ether oxygens (including phenoxy) is 1. The van der Waals surface area contributed by atoms with Crippen LogP contribution in [0, 0.1) is 5.92 Å². The fraction of sp³-hybridized carbons (Fsp3) is 0.500. The van der Waals surface area contributed by atoms with Gasteiger partial charge in [-0.05, 0) is 49.9 Å². The van der Waals surface area contributed by atoms with E-state index in [1.54, 1.807) is 0 Å². The van der Waals surface area contributed by atoms with Crippen molar-refractivity contribution in [3.05, 3.63) is 29.8 Å². The van der Waals surface area contributed by atoms with Crippen LogP contribution in [-0.4, -0.2) is 11.9 Å². The Hall–Kier alpha value is -1.31. The van der Waals surface area contributed by atoms with Crippen molar-refractivity contribution >= 4 is 5.78 Å². The molecule has 0 N–H and O–H groups in total. The molecule has 0 bridgehead atoms. The lowest BCUT2D eigenvalue weighted by atomic mass is 9.80. The van der Waals surface area contributed by atoms with Crippen molar-refractivity contribution in [1.82, 2.24) is 0 Å². The molecule has 2 aliphatic carbocycles. The molecule has 2 fully saturated rings. The molecule has 0 radical (unpaired) electrons. The number of carbonyl (C=O) groups excluding carboxylic acids is 1. The Balaban J connectivity index is 1.68. The van der Waals surface area contributed by atoms with Crippen molar-refractivity contribution in [3.8, 4) is 5.75 Å². The normalized spacial score (nSPS) is 20.2. The Morgan fingerprint density at radius 2 is 1.75 bits per heavy atom. The second-order valence-corrected chi connectivity index (χ2v) is 4.83. The average molecular weight is 216 g/mol. The Kier molecular flexibility index (Phi) is 2.43. The van der Waals surface area contributed by atoms with Gasteiger partial charge in [-0.1, -0.05) is 6.42 Å². The van der Waals surface area contributed by atoms with Crippen LogP contribution < -0.4 is 4.74 Å². The number of benzene rings is 1. The van der Waals surface area contributed by atoms with E-state index >= 15 is 0 Å². The van der Waals surface area contributed by atoms with Crippen molar-refractivity contribution in [2.45, 2.75) is 38.2 Å². The molecular weight excluding hydrogens is 200 g/mol. The zero-order chi connectivity index (χ0) is 11.0. The second-order valence-electron chi connectivity index (χ2n) is 4.83. The maximum absolute atomic E-state index is 11.9. The highest BCUT2D eigenvalue weighted by Gasteiger charge is 2.26. The molecule has 1 aromatic carbocycles. The molecule has 0 aromatic heterocycles. The molecule has 2 aliphatic rings. The molecule has 0 amide bonds. The summed E-state index contributed by atoms with van der Waals surface area (Å²) in [5.41, 5.74) is 0.841. The number of Topliss-reactive ketones (excluding diaryl/α,β-unsaturated/α-hetero) is 1. The smallest absolute Gasteiger partial charge is 0.165 e. The molecule has 3 rings (SSSR count). The molecule has 0 saturated heterocycles. The third kappa shape index (κ3) is 1.97. The fourth-order valence-electron chi connectivity index (χ4n) is 1.98. The quantitative estimate of drug-likeness (QED) is 0.722. The largest absolute Gasteiger partial charge is 0.490 e. The number of carbonyl (C=O) groups is 1. The summed E-state index contributed by atoms with van der Waals surface area (Å²) in [7, 11) is 0. The zero-order valence-electron chi connectivity index (χ0n) is 9.32. The van der Waals surface area contributed by atoms with Crippen LogP contribution in [0.1, 0.15) is 42.5 Å². The van der Waals surface area contributed by atoms with Gasteiger partial charge in [0.25, 0.3) is 0 Å². The van der Waals surface area contributed by atoms with Crippen LogP contribution in [0.5, 0.6) is 5.75 Å². The van der Waals surface area contributed by atoms with Crippen LogP contribution >= 0.6 is 0 Å². The van der Waals surface area contributed by atoms with Crippen LogP contribution in [0.4, 0.5) is 0 Å². The number of rotatable bonds is 4. The SMILES string of the molecule is O=C(c1ccc(OC2CC2)cc1)C1CCC1. The van der Waals surface area contributed by atoms with Gasteiger partial charge in [0, 0.05) is 11.5 Å². The van der Waals surface area contributed by atoms with Crippen LogP contribution in [-0.2, 0) is 0 Å². The highest BCUT2D eigenvalue weighted by atomic mass is 16.5. The predicted molar refractivity (Wildman–Crippen MR) is 61.8 cm³/mol. The second kappa shape index (κ2) is 3.93. The summed E-state index contributed by atoms with van der Waals surface area (Å²) in [4.78, 5) is 11.9. The van der Waals surface area contributed by atoms with Gasteiger partial charge in [-0.3, -0.25) is 4.79 Å². The highest BCUT2D eigenvalue weighted by molar-refractivity contribution is 5.98. The van der Waals surface area contributed by atoms with E-state index in [1.165, 1.54) is 19.3 Å². The molecule has 0 heterocycles. The van der Waals surface area contributed by atoms with Gasteiger partial charge in [-0.2, -0.15) is 0 Å². The monoisotopic (exact) mass is 216 g/mol. The van der Waals surface area contributed by atoms with Crippen molar-refractivity contribution in [2.24, 2.45) is 5.92 Å². The molecule has 1 aromatic rings. The summed E-state index contributed by atoms with van der Waals surface area (Å²) in [6.45, 7) is 0. The maximum atomic E-state index is 11.9. The third-order valence-corrected chi connectivity index (χ3v) is 3.44. The van der Waals surface area contributed by atoms with Crippen molar-refractivity contribution < 1.29 is 9.53 Å². The molecule has 84 valence electrons. The first-order valence-electron chi connectivity index (χ1n) is 6.14. The summed E-state index contributed by atoms with van der Waals surface area (Å²) in [5.74, 6) is 1.49. The number of hydrogen-bond donors (Lipinski definition) is 0. The summed E-state index contributed by atoms with van der Waals surface area (Å²) < 4.78 is 5.65. The molecule has 0 unspecified atom stereocenters. The van der Waals surface area contributed by atoms with Gasteiger partial charge >= 0.3 is 0 Å². The molecule has 0 aliphatic heterocycles. The van der Waals surface area contributed by atoms with E-state index in [0.29, 0.717) is 11.9 Å². The maximum Gasteiger partial charge on any atom is 0.165 e. The zero-order valence-corrected chi connectivity index (χ0v) is 9.32. The van der Waals surface area contributed by atoms with Gasteiger partial charge in [0.05, 0.1) is 6.10 Å². The van der Waals surface area contributed by atoms with Gasteiger partial charge in [0.15, 0.2) is 5.78 Å². The van der Waals surface area contributed by atoms with E-state index in [0.717, 1.165) is 24.2 Å². The molecule has 0 atom stereocenters. The predicted octanol–water partition coefficient (Wildman–Crippen LogP) is 3.21. The van der Waals surface area contributed by atoms with Crippen molar-refractivity contribution in [3.63, 3.8) is 0 Å². The first kappa shape index (κ1) is 9.88. The first-order valence-corrected chi connectivity index (χ1v) is 6.14. The van der Waals surface area contributed by atoms with Crippen LogP contribution in [0.15, 0.2) is 24.3 Å². The van der Waals surface area contributed by atoms with Crippen molar-refractivity contribution in [1.29, 1.82) is 0 Å². The summed E-state index contributed by atoms with van der Waals surface area (Å²) in [6.07, 6.45) is 6.11. The topological polar surface area (TPSA) is 26.3 Å². The lowest BCUT2D eigenvalue weighted by Gasteiger charge is -2.23. The Bertz CT molecular complexity index is 386. The Morgan fingerprint density at radius 1 is 1.06 bits per heavy atom. The molecule has 0 spiro atoms. The average Bonchev–Trinajstić information content (AvgIpc) is 3.00. The van der Waals surface area contributed by atoms with Crippen molar-refractivity contribution in [2.75, 3.05) is 0 Å². The van der Waals surface area contributed by atoms with Gasteiger partial charge in [0.1, 0.15) is 5.75 Å². The summed E-state index contributed by atoms with van der Waals surface area (Å²) in [5, 5.41) is 0. The standard InChI is InChI=1S/C14H16O2/c15-14(10-2-1-3-10)11-4-6-12(7-5-11)16-13-8-9-13/h4-7,10,13H,1-3,8-9H2. The van der Waals surface area contributed by atoms with E-state index in [2.05, 4.69) is 0 Å². The third-order valence-electron chi connectivity index (χ3n) is 3.44. The van der Waals surface area contributed by atoms with E-state index in [9.17, 15) is 4.79 Å². The molecule has 2 nitrogen and oxygen atoms in total. The summed E-state index contributed by atoms with van der Waals surface area (Å²) >= 11 is 0. The lowest BCUT2D eigenvalue weighted by molar-refractivity contribution is 0.0855. The molecular formula is C14H16O2. The van der Waals surface area contributed by atoms with Crippen LogP contribution in [0.25, 0.3) is 0 Å². The molecule has 16 heavy (non-hydrogen) atoms. The van der Waals surface area contributed by atoms with Crippen LogP contribution in [0.2, 0.25) is 0 Å². The number of hydrogen-bond acceptors (Lipinski definition) is 2. The van der Waals surface area contributed by atoms with Gasteiger partial charge in [-0.15, -0.1) is 0 Å². The van der Waals surface area contributed by atoms with E-state index < -0.39 is 0 Å². The van der Waals surface area contributed by atoms with Gasteiger partial charge in [0.2, 0.25) is 0 Å². The van der Waals surface area contributed by atoms with Gasteiger partial charge in [-0.25, -0.2) is 0 Å². The minimum Gasteiger partial charge on any atom is -0.490 e. The lowest BCUT2D eigenvalue weighted by Crippen LogP contribution is -2.21. The summed E-state index contributed by atoms with van der Waals surface area (Å²) in [6, 6.07) is 7.64. The van der Waals surface area contributed by atoms with Gasteiger partial charge < -0.3 is 4.74 Å². The fourth-order valence-corrected chi connectivity index (χ4v) is 1.98. The Labute approximate surface area is 95.6 Å². The minimum absolute atomic E-state index is 0.287. The number of ketones is 1. The van der Waals surface area contributed by atoms with Crippen LogP contribution in [0.3, 0.4) is 0 Å². The Morgan fingerprint density at radius 3 is 2.25 bits per heavy atom. The molecule has 2 heteroatoms. The molecule has 2 saturated carbocycles. The first-order chi connectivity index (χ1) is 7.83.